The van der Waals surface area contributed by atoms with E-state index in [-0.39, 0.29) is 15.7 Å². The number of amides is 1. The van der Waals surface area contributed by atoms with E-state index < -0.39 is 18.5 Å². The lowest BCUT2D eigenvalue weighted by atomic mass is 10.1. The molecular formula is C19H11Cl2N3O3. The van der Waals surface area contributed by atoms with E-state index in [9.17, 15) is 9.59 Å². The number of para-hydroxylation sites is 1. The molecule has 0 aliphatic heterocycles. The molecule has 3 rings (SSSR count). The fourth-order valence-corrected chi connectivity index (χ4v) is 2.82. The molecule has 1 amide bonds. The van der Waals surface area contributed by atoms with Gasteiger partial charge in [0.2, 0.25) is 0 Å². The Balaban J connectivity index is 1.68. The molecule has 1 heterocycles. The van der Waals surface area contributed by atoms with Crippen LogP contribution in [0, 0.1) is 11.3 Å². The zero-order valence-electron chi connectivity index (χ0n) is 13.7. The number of esters is 1. The highest BCUT2D eigenvalue weighted by atomic mass is 35.5. The predicted molar refractivity (Wildman–Crippen MR) is 102 cm³/mol. The highest BCUT2D eigenvalue weighted by Gasteiger charge is 2.15. The van der Waals surface area contributed by atoms with E-state index in [4.69, 9.17) is 33.2 Å². The summed E-state index contributed by atoms with van der Waals surface area (Å²) in [6.07, 6.45) is 0. The van der Waals surface area contributed by atoms with Gasteiger partial charge in [0.15, 0.2) is 6.61 Å². The summed E-state index contributed by atoms with van der Waals surface area (Å²) in [5.74, 6) is -1.24. The molecule has 8 heteroatoms. The van der Waals surface area contributed by atoms with E-state index in [2.05, 4.69) is 10.3 Å². The lowest BCUT2D eigenvalue weighted by Crippen LogP contribution is -2.21. The van der Waals surface area contributed by atoms with Crippen molar-refractivity contribution in [3.05, 3.63) is 69.8 Å². The minimum Gasteiger partial charge on any atom is -0.452 e. The number of fused-ring (bicyclic) bond motifs is 1. The van der Waals surface area contributed by atoms with E-state index >= 15 is 0 Å². The molecule has 2 aromatic carbocycles. The first-order valence-corrected chi connectivity index (χ1v) is 8.45. The number of nitriles is 1. The van der Waals surface area contributed by atoms with Gasteiger partial charge in [-0.05, 0) is 30.3 Å². The third-order valence-electron chi connectivity index (χ3n) is 3.61. The predicted octanol–water partition coefficient (Wildman–Crippen LogP) is 4.21. The van der Waals surface area contributed by atoms with Crippen LogP contribution in [0.15, 0.2) is 48.5 Å². The van der Waals surface area contributed by atoms with Gasteiger partial charge in [-0.1, -0.05) is 41.4 Å². The molecule has 27 heavy (non-hydrogen) atoms. The number of anilines is 1. The van der Waals surface area contributed by atoms with Crippen molar-refractivity contribution in [2.45, 2.75) is 0 Å². The maximum atomic E-state index is 12.4. The van der Waals surface area contributed by atoms with Crippen LogP contribution < -0.4 is 5.32 Å². The summed E-state index contributed by atoms with van der Waals surface area (Å²) >= 11 is 11.9. The molecule has 0 radical (unpaired) electrons. The maximum absolute atomic E-state index is 12.4. The van der Waals surface area contributed by atoms with Crippen molar-refractivity contribution >= 4 is 51.7 Å². The fraction of sp³-hybridized carbons (Fsp3) is 0.0526. The van der Waals surface area contributed by atoms with Crippen molar-refractivity contribution < 1.29 is 14.3 Å². The molecule has 0 saturated heterocycles. The van der Waals surface area contributed by atoms with Gasteiger partial charge in [0.1, 0.15) is 11.2 Å². The number of nitrogens with zero attached hydrogens (tertiary/aromatic N) is 2. The molecule has 1 aromatic heterocycles. The van der Waals surface area contributed by atoms with Gasteiger partial charge >= 0.3 is 5.97 Å². The molecule has 0 aliphatic rings. The molecular weight excluding hydrogens is 389 g/mol. The molecule has 0 unspecified atom stereocenters. The number of ether oxygens (including phenoxy) is 1. The Kier molecular flexibility index (Phi) is 5.55. The minimum absolute atomic E-state index is 0.150. The molecule has 134 valence electrons. The molecule has 0 atom stereocenters. The Morgan fingerprint density at radius 2 is 1.93 bits per heavy atom. The molecule has 0 fully saturated rings. The lowest BCUT2D eigenvalue weighted by molar-refractivity contribution is -0.119. The van der Waals surface area contributed by atoms with E-state index in [0.717, 1.165) is 0 Å². The van der Waals surface area contributed by atoms with Crippen molar-refractivity contribution in [1.82, 2.24) is 4.98 Å². The Hall–Kier alpha value is -3.14. The number of carbonyl (C=O) groups excluding carboxylic acids is 2. The summed E-state index contributed by atoms with van der Waals surface area (Å²) in [6, 6.07) is 14.7. The highest BCUT2D eigenvalue weighted by molar-refractivity contribution is 6.32. The molecule has 6 nitrogen and oxygen atoms in total. The van der Waals surface area contributed by atoms with Gasteiger partial charge in [0.25, 0.3) is 5.91 Å². The first-order valence-electron chi connectivity index (χ1n) is 7.70. The summed E-state index contributed by atoms with van der Waals surface area (Å²) in [6.45, 7) is -0.495. The summed E-state index contributed by atoms with van der Waals surface area (Å²) < 4.78 is 5.08. The average molecular weight is 400 g/mol. The zero-order valence-corrected chi connectivity index (χ0v) is 15.2. The van der Waals surface area contributed by atoms with Crippen molar-refractivity contribution in [3.8, 4) is 6.07 Å². The van der Waals surface area contributed by atoms with Crippen LogP contribution in [0.5, 0.6) is 0 Å². The Labute approximate surface area is 164 Å². The number of aromatic nitrogens is 1. The number of benzene rings is 2. The van der Waals surface area contributed by atoms with Crippen LogP contribution in [0.3, 0.4) is 0 Å². The number of hydrogen-bond donors (Lipinski definition) is 1. The van der Waals surface area contributed by atoms with Crippen LogP contribution >= 0.6 is 23.2 Å². The van der Waals surface area contributed by atoms with Gasteiger partial charge in [0, 0.05) is 11.1 Å². The van der Waals surface area contributed by atoms with Gasteiger partial charge in [-0.15, -0.1) is 0 Å². The molecule has 3 aromatic rings. The normalized spacial score (nSPS) is 10.3. The standard InChI is InChI=1S/C19H11Cl2N3O3/c20-15-7-12(6-5-11(15)9-22)23-18(25)10-27-19(26)14-8-17(21)24-16-4-2-1-3-13(14)16/h1-8H,10H2,(H,23,25). The van der Waals surface area contributed by atoms with Crippen molar-refractivity contribution in [2.24, 2.45) is 0 Å². The van der Waals surface area contributed by atoms with Crippen LogP contribution in [-0.2, 0) is 9.53 Å². The molecule has 0 bridgehead atoms. The van der Waals surface area contributed by atoms with Crippen molar-refractivity contribution in [1.29, 1.82) is 5.26 Å². The fourth-order valence-electron chi connectivity index (χ4n) is 2.40. The molecule has 0 aliphatic carbocycles. The Bertz CT molecular complexity index is 1090. The smallest absolute Gasteiger partial charge is 0.339 e. The number of halogens is 2. The zero-order chi connectivity index (χ0) is 19.4. The average Bonchev–Trinajstić information content (AvgIpc) is 2.65. The minimum atomic E-state index is -0.691. The summed E-state index contributed by atoms with van der Waals surface area (Å²) in [5, 5.41) is 12.3. The van der Waals surface area contributed by atoms with Crippen LogP contribution in [0.4, 0.5) is 5.69 Å². The first-order chi connectivity index (χ1) is 13.0. The second-order valence-corrected chi connectivity index (χ2v) is 6.23. The van der Waals surface area contributed by atoms with Crippen LogP contribution in [0.1, 0.15) is 15.9 Å². The van der Waals surface area contributed by atoms with Crippen LogP contribution in [0.25, 0.3) is 10.9 Å². The Morgan fingerprint density at radius 3 is 2.67 bits per heavy atom. The van der Waals surface area contributed by atoms with Crippen molar-refractivity contribution in [2.75, 3.05) is 11.9 Å². The van der Waals surface area contributed by atoms with Gasteiger partial charge in [-0.3, -0.25) is 4.79 Å². The van der Waals surface area contributed by atoms with E-state index in [1.54, 1.807) is 24.3 Å². The second-order valence-electron chi connectivity index (χ2n) is 5.44. The molecule has 0 saturated carbocycles. The third kappa shape index (κ3) is 4.34. The van der Waals surface area contributed by atoms with Crippen molar-refractivity contribution in [3.63, 3.8) is 0 Å². The molecule has 0 spiro atoms. The van der Waals surface area contributed by atoms with E-state index in [1.165, 1.54) is 24.3 Å². The quantitative estimate of drug-likeness (QED) is 0.523. The van der Waals surface area contributed by atoms with E-state index in [0.29, 0.717) is 22.2 Å². The largest absolute Gasteiger partial charge is 0.452 e. The summed E-state index contributed by atoms with van der Waals surface area (Å²) in [7, 11) is 0. The topological polar surface area (TPSA) is 92.1 Å². The Morgan fingerprint density at radius 1 is 1.15 bits per heavy atom. The van der Waals surface area contributed by atoms with Crippen LogP contribution in [-0.4, -0.2) is 23.5 Å². The maximum Gasteiger partial charge on any atom is 0.339 e. The molecule has 1 N–H and O–H groups in total. The van der Waals surface area contributed by atoms with Crippen LogP contribution in [0.2, 0.25) is 10.2 Å². The number of pyridine rings is 1. The number of carbonyl (C=O) groups is 2. The summed E-state index contributed by atoms with van der Waals surface area (Å²) in [5.41, 5.74) is 1.45. The van der Waals surface area contributed by atoms with Gasteiger partial charge < -0.3 is 10.1 Å². The first kappa shape index (κ1) is 18.6. The second kappa shape index (κ2) is 8.04. The van der Waals surface area contributed by atoms with Gasteiger partial charge in [-0.2, -0.15) is 5.26 Å². The lowest BCUT2D eigenvalue weighted by Gasteiger charge is -2.09. The number of hydrogen-bond acceptors (Lipinski definition) is 5. The SMILES string of the molecule is N#Cc1ccc(NC(=O)COC(=O)c2cc(Cl)nc3ccccc23)cc1Cl. The van der Waals surface area contributed by atoms with E-state index in [1.807, 2.05) is 6.07 Å². The third-order valence-corrected chi connectivity index (χ3v) is 4.12. The number of rotatable bonds is 4. The van der Waals surface area contributed by atoms with Gasteiger partial charge in [-0.25, -0.2) is 9.78 Å². The number of nitrogens with one attached hydrogen (secondary N) is 1. The summed E-state index contributed by atoms with van der Waals surface area (Å²) in [4.78, 5) is 28.5. The van der Waals surface area contributed by atoms with Gasteiger partial charge in [0.05, 0.1) is 21.7 Å². The monoisotopic (exact) mass is 399 g/mol. The highest BCUT2D eigenvalue weighted by Crippen LogP contribution is 2.22.